The van der Waals surface area contributed by atoms with Gasteiger partial charge in [0.05, 0.1) is 0 Å². The van der Waals surface area contributed by atoms with Crippen LogP contribution < -0.4 is 0 Å². The number of rotatable bonds is 1. The SMILES string of the molecule is [CH2]C=C/C=[C]/C. The van der Waals surface area contributed by atoms with Gasteiger partial charge in [0, 0.05) is 0 Å². The van der Waals surface area contributed by atoms with Crippen LogP contribution in [0, 0.1) is 13.0 Å². The zero-order valence-corrected chi connectivity index (χ0v) is 3.94. The van der Waals surface area contributed by atoms with Gasteiger partial charge in [0.25, 0.3) is 0 Å². The maximum absolute atomic E-state index is 3.47. The summed E-state index contributed by atoms with van der Waals surface area (Å²) in [4.78, 5) is 0. The molecule has 0 bridgehead atoms. The first-order valence-electron chi connectivity index (χ1n) is 1.86. The van der Waals surface area contributed by atoms with E-state index >= 15 is 0 Å². The molecule has 0 heterocycles. The topological polar surface area (TPSA) is 0 Å². The van der Waals surface area contributed by atoms with E-state index in [-0.39, 0.29) is 0 Å². The fraction of sp³-hybridized carbons (Fsp3) is 0.167. The second-order valence-electron chi connectivity index (χ2n) is 0.883. The van der Waals surface area contributed by atoms with Crippen LogP contribution in [0.2, 0.25) is 0 Å². The highest BCUT2D eigenvalue weighted by Crippen LogP contribution is 1.69. The Kier molecular flexibility index (Phi) is 4.09. The molecule has 0 aliphatic carbocycles. The number of hydrogen-bond donors (Lipinski definition) is 0. The van der Waals surface area contributed by atoms with Crippen molar-refractivity contribution in [2.75, 3.05) is 0 Å². The molecule has 0 heteroatoms. The summed E-state index contributed by atoms with van der Waals surface area (Å²) >= 11 is 0. The first-order chi connectivity index (χ1) is 2.91. The molecule has 32 valence electrons. The Hall–Kier alpha value is -0.520. The number of allylic oxidation sites excluding steroid dienone is 4. The quantitative estimate of drug-likeness (QED) is 0.421. The van der Waals surface area contributed by atoms with Crippen LogP contribution in [0.5, 0.6) is 0 Å². The van der Waals surface area contributed by atoms with Crippen LogP contribution >= 0.6 is 0 Å². The van der Waals surface area contributed by atoms with Gasteiger partial charge < -0.3 is 0 Å². The van der Waals surface area contributed by atoms with Crippen LogP contribution in [-0.2, 0) is 0 Å². The minimum absolute atomic E-state index is 1.72. The minimum Gasteiger partial charge on any atom is -0.0842 e. The highest BCUT2D eigenvalue weighted by Gasteiger charge is 1.49. The molecular formula is C6H8. The lowest BCUT2D eigenvalue weighted by Crippen LogP contribution is -1.41. The van der Waals surface area contributed by atoms with Gasteiger partial charge in [-0.2, -0.15) is 0 Å². The van der Waals surface area contributed by atoms with Crippen molar-refractivity contribution >= 4 is 0 Å². The normalized spacial score (nSPS) is 11.7. The third-order valence-electron chi connectivity index (χ3n) is 0.399. The first kappa shape index (κ1) is 5.48. The van der Waals surface area contributed by atoms with E-state index in [1.54, 1.807) is 6.08 Å². The highest BCUT2D eigenvalue weighted by atomic mass is 13.6. The predicted molar refractivity (Wildman–Crippen MR) is 28.0 cm³/mol. The van der Waals surface area contributed by atoms with Crippen molar-refractivity contribution in [1.82, 2.24) is 0 Å². The molecule has 0 N–H and O–H groups in total. The molecule has 6 heavy (non-hydrogen) atoms. The van der Waals surface area contributed by atoms with E-state index in [1.165, 1.54) is 0 Å². The molecule has 0 aromatic rings. The summed E-state index contributed by atoms with van der Waals surface area (Å²) in [6, 6.07) is 0. The molecule has 0 fully saturated rings. The Morgan fingerprint density at radius 3 is 2.50 bits per heavy atom. The summed E-state index contributed by atoms with van der Waals surface area (Å²) in [6.07, 6.45) is 8.18. The van der Waals surface area contributed by atoms with Gasteiger partial charge in [-0.05, 0) is 19.9 Å². The Balaban J connectivity index is 3.07. The fourth-order valence-electron chi connectivity index (χ4n) is 0.164. The monoisotopic (exact) mass is 80.1 g/mol. The number of hydrogen-bond acceptors (Lipinski definition) is 0. The van der Waals surface area contributed by atoms with E-state index in [0.29, 0.717) is 0 Å². The van der Waals surface area contributed by atoms with Gasteiger partial charge >= 0.3 is 0 Å². The predicted octanol–water partition coefficient (Wildman–Crippen LogP) is 1.76. The van der Waals surface area contributed by atoms with E-state index in [1.807, 2.05) is 19.1 Å². The van der Waals surface area contributed by atoms with Gasteiger partial charge in [0.15, 0.2) is 0 Å². The molecule has 0 aliphatic rings. The van der Waals surface area contributed by atoms with Gasteiger partial charge in [0.1, 0.15) is 0 Å². The van der Waals surface area contributed by atoms with E-state index in [4.69, 9.17) is 0 Å². The molecule has 0 saturated carbocycles. The summed E-state index contributed by atoms with van der Waals surface area (Å²) in [5.41, 5.74) is 0. The van der Waals surface area contributed by atoms with Crippen molar-refractivity contribution in [3.05, 3.63) is 31.2 Å². The molecule has 0 spiro atoms. The first-order valence-corrected chi connectivity index (χ1v) is 1.86. The Bertz CT molecular complexity index is 48.4. The molecule has 0 aliphatic heterocycles. The van der Waals surface area contributed by atoms with E-state index in [0.717, 1.165) is 0 Å². The van der Waals surface area contributed by atoms with Gasteiger partial charge in [-0.1, -0.05) is 18.2 Å². The molecular weight excluding hydrogens is 72.1 g/mol. The molecule has 0 aromatic carbocycles. The Morgan fingerprint density at radius 1 is 1.67 bits per heavy atom. The van der Waals surface area contributed by atoms with Crippen molar-refractivity contribution < 1.29 is 0 Å². The Morgan fingerprint density at radius 2 is 2.33 bits per heavy atom. The molecule has 0 amide bonds. The third kappa shape index (κ3) is 3.48. The van der Waals surface area contributed by atoms with Crippen LogP contribution in [0.1, 0.15) is 6.92 Å². The molecule has 2 radical (unpaired) electrons. The van der Waals surface area contributed by atoms with Crippen LogP contribution in [0.15, 0.2) is 18.2 Å². The van der Waals surface area contributed by atoms with Crippen molar-refractivity contribution in [3.63, 3.8) is 0 Å². The summed E-state index contributed by atoms with van der Waals surface area (Å²) in [5.74, 6) is 0. The van der Waals surface area contributed by atoms with Gasteiger partial charge in [-0.25, -0.2) is 0 Å². The van der Waals surface area contributed by atoms with Crippen molar-refractivity contribution in [2.45, 2.75) is 6.92 Å². The third-order valence-corrected chi connectivity index (χ3v) is 0.399. The second kappa shape index (κ2) is 4.48. The average molecular weight is 80.1 g/mol. The average Bonchev–Trinajstić information content (AvgIpc) is 1.61. The van der Waals surface area contributed by atoms with Gasteiger partial charge in [-0.3, -0.25) is 0 Å². The largest absolute Gasteiger partial charge is 0.0842 e. The van der Waals surface area contributed by atoms with Crippen LogP contribution in [0.4, 0.5) is 0 Å². The van der Waals surface area contributed by atoms with Crippen LogP contribution in [0.25, 0.3) is 0 Å². The molecule has 0 saturated heterocycles. The lowest BCUT2D eigenvalue weighted by molar-refractivity contribution is 1.65. The van der Waals surface area contributed by atoms with E-state index in [9.17, 15) is 0 Å². The molecule has 0 nitrogen and oxygen atoms in total. The maximum atomic E-state index is 3.47. The minimum atomic E-state index is 1.72. The summed E-state index contributed by atoms with van der Waals surface area (Å²) in [7, 11) is 0. The summed E-state index contributed by atoms with van der Waals surface area (Å²) in [5, 5.41) is 0. The van der Waals surface area contributed by atoms with Crippen molar-refractivity contribution in [2.24, 2.45) is 0 Å². The van der Waals surface area contributed by atoms with Gasteiger partial charge in [-0.15, -0.1) is 0 Å². The summed E-state index contributed by atoms with van der Waals surface area (Å²) in [6.45, 7) is 5.32. The molecule has 0 aromatic heterocycles. The van der Waals surface area contributed by atoms with Crippen LogP contribution in [0.3, 0.4) is 0 Å². The zero-order chi connectivity index (χ0) is 4.83. The molecule has 0 atom stereocenters. The van der Waals surface area contributed by atoms with Gasteiger partial charge in [0.2, 0.25) is 0 Å². The lowest BCUT2D eigenvalue weighted by atomic mass is 10.5. The molecule has 0 unspecified atom stereocenters. The Labute approximate surface area is 39.2 Å². The highest BCUT2D eigenvalue weighted by molar-refractivity contribution is 4.99. The molecule has 0 rings (SSSR count). The lowest BCUT2D eigenvalue weighted by Gasteiger charge is -1.61. The maximum Gasteiger partial charge on any atom is -0.0313 e. The van der Waals surface area contributed by atoms with E-state index < -0.39 is 0 Å². The van der Waals surface area contributed by atoms with E-state index in [2.05, 4.69) is 13.0 Å². The van der Waals surface area contributed by atoms with Crippen molar-refractivity contribution in [3.8, 4) is 0 Å². The zero-order valence-electron chi connectivity index (χ0n) is 3.94. The van der Waals surface area contributed by atoms with Crippen LogP contribution in [-0.4, -0.2) is 0 Å². The summed E-state index contributed by atoms with van der Waals surface area (Å²) < 4.78 is 0. The smallest absolute Gasteiger partial charge is 0.0313 e. The fourth-order valence-corrected chi connectivity index (χ4v) is 0.164. The second-order valence-corrected chi connectivity index (χ2v) is 0.883. The van der Waals surface area contributed by atoms with Crippen molar-refractivity contribution in [1.29, 1.82) is 0 Å². The standard InChI is InChI=1S/C6H8/c1-3-5-6-4-2/h3,5-6H,1H2,2H3.